The summed E-state index contributed by atoms with van der Waals surface area (Å²) in [6.45, 7) is 0.0935. The average molecular weight is 474 g/mol. The Morgan fingerprint density at radius 2 is 2.00 bits per heavy atom. The van der Waals surface area contributed by atoms with E-state index in [4.69, 9.17) is 20.6 Å². The molecule has 9 heteroatoms. The quantitative estimate of drug-likeness (QED) is 0.252. The second-order valence-corrected chi connectivity index (χ2v) is 6.63. The SMILES string of the molecule is C#CCOc1c(Br)cc(C=NNC(=O)CC(=O)Nc2cccc(OC)c2)cc1OC. The third-order valence-corrected chi connectivity index (χ3v) is 4.22. The lowest BCUT2D eigenvalue weighted by atomic mass is 10.2. The number of rotatable bonds is 9. The number of hydrogen-bond acceptors (Lipinski definition) is 6. The zero-order valence-corrected chi connectivity index (χ0v) is 18.0. The first-order valence-corrected chi connectivity index (χ1v) is 9.45. The van der Waals surface area contributed by atoms with Crippen molar-refractivity contribution in [3.8, 4) is 29.6 Å². The van der Waals surface area contributed by atoms with Crippen LogP contribution in [0.5, 0.6) is 17.2 Å². The van der Waals surface area contributed by atoms with E-state index in [1.54, 1.807) is 36.4 Å². The first kappa shape index (κ1) is 22.8. The molecule has 2 N–H and O–H groups in total. The normalized spacial score (nSPS) is 10.2. The number of nitrogens with one attached hydrogen (secondary N) is 2. The predicted molar refractivity (Wildman–Crippen MR) is 117 cm³/mol. The summed E-state index contributed by atoms with van der Waals surface area (Å²) >= 11 is 3.38. The van der Waals surface area contributed by atoms with E-state index in [2.05, 4.69) is 37.7 Å². The number of hydrogen-bond donors (Lipinski definition) is 2. The Hall–Kier alpha value is -3.51. The van der Waals surface area contributed by atoms with Crippen molar-refractivity contribution in [2.24, 2.45) is 5.10 Å². The lowest BCUT2D eigenvalue weighted by molar-refractivity contribution is -0.126. The minimum Gasteiger partial charge on any atom is -0.497 e. The maximum Gasteiger partial charge on any atom is 0.249 e. The van der Waals surface area contributed by atoms with Gasteiger partial charge in [-0.05, 0) is 45.8 Å². The summed E-state index contributed by atoms with van der Waals surface area (Å²) in [7, 11) is 3.02. The molecule has 8 nitrogen and oxygen atoms in total. The number of amides is 2. The molecule has 0 spiro atoms. The molecular weight excluding hydrogens is 454 g/mol. The van der Waals surface area contributed by atoms with Gasteiger partial charge >= 0.3 is 0 Å². The third-order valence-electron chi connectivity index (χ3n) is 3.63. The molecule has 2 amide bonds. The molecule has 2 aromatic carbocycles. The van der Waals surface area contributed by atoms with Gasteiger partial charge in [0.2, 0.25) is 11.8 Å². The summed E-state index contributed by atoms with van der Waals surface area (Å²) in [5.74, 6) is 2.85. The van der Waals surface area contributed by atoms with Crippen LogP contribution in [0.25, 0.3) is 0 Å². The molecule has 0 heterocycles. The first-order chi connectivity index (χ1) is 14.5. The molecule has 2 aromatic rings. The molecule has 0 saturated carbocycles. The van der Waals surface area contributed by atoms with Crippen LogP contribution in [0, 0.1) is 12.3 Å². The van der Waals surface area contributed by atoms with Crippen molar-refractivity contribution in [3.05, 3.63) is 46.4 Å². The highest BCUT2D eigenvalue weighted by Crippen LogP contribution is 2.36. The van der Waals surface area contributed by atoms with Crippen LogP contribution in [-0.4, -0.2) is 38.9 Å². The van der Waals surface area contributed by atoms with Crippen LogP contribution in [0.15, 0.2) is 46.0 Å². The van der Waals surface area contributed by atoms with Crippen LogP contribution in [0.2, 0.25) is 0 Å². The molecule has 0 bridgehead atoms. The van der Waals surface area contributed by atoms with Crippen LogP contribution < -0.4 is 25.0 Å². The number of ether oxygens (including phenoxy) is 3. The van der Waals surface area contributed by atoms with Crippen molar-refractivity contribution in [2.75, 3.05) is 26.1 Å². The van der Waals surface area contributed by atoms with E-state index >= 15 is 0 Å². The van der Waals surface area contributed by atoms with Gasteiger partial charge in [-0.25, -0.2) is 5.43 Å². The molecule has 0 aliphatic carbocycles. The van der Waals surface area contributed by atoms with Crippen molar-refractivity contribution in [1.29, 1.82) is 0 Å². The second-order valence-electron chi connectivity index (χ2n) is 5.78. The summed E-state index contributed by atoms with van der Waals surface area (Å²) in [6.07, 6.45) is 6.23. The zero-order chi connectivity index (χ0) is 21.9. The molecule has 0 radical (unpaired) electrons. The fraction of sp³-hybridized carbons (Fsp3) is 0.190. The van der Waals surface area contributed by atoms with Crippen LogP contribution in [0.4, 0.5) is 5.69 Å². The van der Waals surface area contributed by atoms with E-state index < -0.39 is 11.8 Å². The van der Waals surface area contributed by atoms with E-state index in [1.165, 1.54) is 20.4 Å². The van der Waals surface area contributed by atoms with Crippen LogP contribution in [-0.2, 0) is 9.59 Å². The Morgan fingerprint density at radius 1 is 1.20 bits per heavy atom. The Balaban J connectivity index is 1.93. The minimum absolute atomic E-state index is 0.0935. The third kappa shape index (κ3) is 6.83. The van der Waals surface area contributed by atoms with E-state index in [0.29, 0.717) is 33.0 Å². The number of halogens is 1. The van der Waals surface area contributed by atoms with Gasteiger partial charge in [-0.3, -0.25) is 9.59 Å². The highest BCUT2D eigenvalue weighted by molar-refractivity contribution is 9.10. The summed E-state index contributed by atoms with van der Waals surface area (Å²) in [5, 5.41) is 6.48. The first-order valence-electron chi connectivity index (χ1n) is 8.66. The van der Waals surface area contributed by atoms with Crippen molar-refractivity contribution in [3.63, 3.8) is 0 Å². The summed E-state index contributed by atoms with van der Waals surface area (Å²) in [4.78, 5) is 23.9. The van der Waals surface area contributed by atoms with Gasteiger partial charge in [-0.15, -0.1) is 6.42 Å². The smallest absolute Gasteiger partial charge is 0.249 e. The van der Waals surface area contributed by atoms with Gasteiger partial charge in [-0.2, -0.15) is 5.10 Å². The van der Waals surface area contributed by atoms with Crippen LogP contribution in [0.3, 0.4) is 0 Å². The highest BCUT2D eigenvalue weighted by atomic mass is 79.9. The summed E-state index contributed by atoms with van der Waals surface area (Å²) in [5.41, 5.74) is 3.47. The van der Waals surface area contributed by atoms with Crippen molar-refractivity contribution >= 4 is 39.6 Å². The van der Waals surface area contributed by atoms with Crippen LogP contribution in [0.1, 0.15) is 12.0 Å². The Kier molecular flexibility index (Phi) is 8.72. The molecule has 0 unspecified atom stereocenters. The predicted octanol–water partition coefficient (Wildman–Crippen LogP) is 2.96. The molecule has 0 fully saturated rings. The van der Waals surface area contributed by atoms with Gasteiger partial charge in [0.05, 0.1) is 24.9 Å². The van der Waals surface area contributed by atoms with E-state index in [9.17, 15) is 9.59 Å². The van der Waals surface area contributed by atoms with Crippen LogP contribution >= 0.6 is 15.9 Å². The van der Waals surface area contributed by atoms with Gasteiger partial charge in [0.1, 0.15) is 18.8 Å². The lowest BCUT2D eigenvalue weighted by Gasteiger charge is -2.11. The van der Waals surface area contributed by atoms with Gasteiger partial charge in [0.25, 0.3) is 0 Å². The van der Waals surface area contributed by atoms with E-state index in [-0.39, 0.29) is 13.0 Å². The molecular formula is C21H20BrN3O5. The zero-order valence-electron chi connectivity index (χ0n) is 16.4. The molecule has 30 heavy (non-hydrogen) atoms. The number of carbonyl (C=O) groups is 2. The Bertz CT molecular complexity index is 985. The maximum absolute atomic E-state index is 12.0. The van der Waals surface area contributed by atoms with Crippen molar-refractivity contribution in [1.82, 2.24) is 5.43 Å². The number of hydrazone groups is 1. The van der Waals surface area contributed by atoms with Crippen molar-refractivity contribution in [2.45, 2.75) is 6.42 Å². The molecule has 156 valence electrons. The number of benzene rings is 2. The van der Waals surface area contributed by atoms with Crippen molar-refractivity contribution < 1.29 is 23.8 Å². The molecule has 0 saturated heterocycles. The standard InChI is InChI=1S/C21H20BrN3O5/c1-4-8-30-21-17(22)9-14(10-18(21)29-3)13-23-25-20(27)12-19(26)24-15-6-5-7-16(11-15)28-2/h1,5-7,9-11,13H,8,12H2,2-3H3,(H,24,26)(H,25,27). The monoisotopic (exact) mass is 473 g/mol. The molecule has 0 aromatic heterocycles. The summed E-state index contributed by atoms with van der Waals surface area (Å²) < 4.78 is 16.4. The highest BCUT2D eigenvalue weighted by Gasteiger charge is 2.12. The minimum atomic E-state index is -0.563. The number of anilines is 1. The topological polar surface area (TPSA) is 98.2 Å². The maximum atomic E-state index is 12.0. The molecule has 0 aliphatic heterocycles. The molecule has 0 atom stereocenters. The number of terminal acetylenes is 1. The second kappa shape index (κ2) is 11.5. The van der Waals surface area contributed by atoms with E-state index in [0.717, 1.165) is 0 Å². The van der Waals surface area contributed by atoms with Gasteiger partial charge < -0.3 is 19.5 Å². The number of nitrogens with zero attached hydrogens (tertiary/aromatic N) is 1. The molecule has 2 rings (SSSR count). The summed E-state index contributed by atoms with van der Waals surface area (Å²) in [6, 6.07) is 10.2. The Morgan fingerprint density at radius 3 is 2.70 bits per heavy atom. The fourth-order valence-electron chi connectivity index (χ4n) is 2.34. The van der Waals surface area contributed by atoms with Gasteiger partial charge in [-0.1, -0.05) is 12.0 Å². The fourth-order valence-corrected chi connectivity index (χ4v) is 2.91. The average Bonchev–Trinajstić information content (AvgIpc) is 2.72. The molecule has 0 aliphatic rings. The number of methoxy groups -OCH3 is 2. The lowest BCUT2D eigenvalue weighted by Crippen LogP contribution is -2.24. The van der Waals surface area contributed by atoms with Gasteiger partial charge in [0.15, 0.2) is 11.5 Å². The Labute approximate surface area is 182 Å². The largest absolute Gasteiger partial charge is 0.497 e. The van der Waals surface area contributed by atoms with E-state index in [1.807, 2.05) is 0 Å². The van der Waals surface area contributed by atoms with Gasteiger partial charge in [0, 0.05) is 11.8 Å². The number of carbonyl (C=O) groups excluding carboxylic acids is 2.